The number of hydrogen-bond donors (Lipinski definition) is 0. The fraction of sp³-hybridized carbons (Fsp3) is 0.588. The molecule has 1 aliphatic heterocycles. The Hall–Kier alpha value is -0.890. The van der Waals surface area contributed by atoms with E-state index in [-0.39, 0.29) is 24.1 Å². The van der Waals surface area contributed by atoms with Crippen LogP contribution in [0.4, 0.5) is 9.18 Å². The van der Waals surface area contributed by atoms with Crippen molar-refractivity contribution >= 4 is 28.7 Å². The second-order valence-corrected chi connectivity index (χ2v) is 6.55. The van der Waals surface area contributed by atoms with E-state index in [1.165, 1.54) is 12.1 Å². The molecule has 0 spiro atoms. The summed E-state index contributed by atoms with van der Waals surface area (Å²) in [6.07, 6.45) is 3.10. The third kappa shape index (κ3) is 5.91. The lowest BCUT2D eigenvalue weighted by Gasteiger charge is -2.33. The van der Waals surface area contributed by atoms with Gasteiger partial charge in [0.15, 0.2) is 0 Å². The summed E-state index contributed by atoms with van der Waals surface area (Å²) >= 11 is 2.33. The molecule has 1 fully saturated rings. The highest BCUT2D eigenvalue weighted by atomic mass is 127. The molecule has 1 saturated heterocycles. The molecule has 0 aromatic heterocycles. The van der Waals surface area contributed by atoms with Crippen LogP contribution in [0, 0.1) is 5.82 Å². The van der Waals surface area contributed by atoms with Gasteiger partial charge in [0.1, 0.15) is 5.82 Å². The van der Waals surface area contributed by atoms with Gasteiger partial charge in [0.25, 0.3) is 0 Å². The third-order valence-corrected chi connectivity index (χ3v) is 4.83. The van der Waals surface area contributed by atoms with E-state index in [0.717, 1.165) is 29.3 Å². The molecule has 23 heavy (non-hydrogen) atoms. The highest BCUT2D eigenvalue weighted by molar-refractivity contribution is 14.1. The third-order valence-electron chi connectivity index (χ3n) is 3.85. The monoisotopic (exact) mass is 435 g/mol. The summed E-state index contributed by atoms with van der Waals surface area (Å²) in [6.45, 7) is 3.02. The first kappa shape index (κ1) is 18.4. The van der Waals surface area contributed by atoms with E-state index >= 15 is 0 Å². The van der Waals surface area contributed by atoms with Crippen molar-refractivity contribution < 1.29 is 18.7 Å². The number of alkyl halides is 1. The Labute approximate surface area is 150 Å². The Morgan fingerprint density at radius 1 is 1.35 bits per heavy atom. The minimum absolute atomic E-state index is 0.0355. The van der Waals surface area contributed by atoms with Crippen LogP contribution in [0.2, 0.25) is 0 Å². The summed E-state index contributed by atoms with van der Waals surface area (Å²) < 4.78 is 25.2. The number of carbonyl (C=O) groups is 1. The van der Waals surface area contributed by atoms with Gasteiger partial charge in [-0.05, 0) is 43.9 Å². The van der Waals surface area contributed by atoms with Crippen LogP contribution < -0.4 is 0 Å². The van der Waals surface area contributed by atoms with Crippen LogP contribution in [0.3, 0.4) is 0 Å². The Morgan fingerprint density at radius 3 is 2.70 bits per heavy atom. The molecular weight excluding hydrogens is 412 g/mol. The van der Waals surface area contributed by atoms with Gasteiger partial charge in [0.2, 0.25) is 0 Å². The molecule has 0 saturated carbocycles. The lowest BCUT2D eigenvalue weighted by Crippen LogP contribution is -2.41. The minimum Gasteiger partial charge on any atom is -0.450 e. The second kappa shape index (κ2) is 9.42. The molecule has 0 bridgehead atoms. The number of nitrogens with zero attached hydrogens (tertiary/aromatic N) is 1. The first-order valence-electron chi connectivity index (χ1n) is 8.00. The molecule has 2 rings (SSSR count). The summed E-state index contributed by atoms with van der Waals surface area (Å²) in [4.78, 5) is 13.9. The number of rotatable bonds is 6. The van der Waals surface area contributed by atoms with Crippen LogP contribution in [-0.4, -0.2) is 40.8 Å². The van der Waals surface area contributed by atoms with Gasteiger partial charge in [-0.1, -0.05) is 34.7 Å². The largest absolute Gasteiger partial charge is 0.450 e. The molecule has 0 N–H and O–H groups in total. The van der Waals surface area contributed by atoms with E-state index in [2.05, 4.69) is 22.6 Å². The van der Waals surface area contributed by atoms with Gasteiger partial charge < -0.3 is 14.4 Å². The average Bonchev–Trinajstić information content (AvgIpc) is 2.56. The van der Waals surface area contributed by atoms with E-state index in [4.69, 9.17) is 9.47 Å². The molecule has 1 aliphatic rings. The number of hydrogen-bond acceptors (Lipinski definition) is 3. The fourth-order valence-electron chi connectivity index (χ4n) is 2.70. The van der Waals surface area contributed by atoms with Gasteiger partial charge in [-0.3, -0.25) is 0 Å². The van der Waals surface area contributed by atoms with Crippen molar-refractivity contribution in [3.63, 3.8) is 0 Å². The molecule has 2 atom stereocenters. The average molecular weight is 435 g/mol. The van der Waals surface area contributed by atoms with Crippen LogP contribution in [0.25, 0.3) is 0 Å². The molecule has 1 amide bonds. The molecule has 1 aromatic rings. The fourth-order valence-corrected chi connectivity index (χ4v) is 3.35. The quantitative estimate of drug-likeness (QED) is 0.498. The van der Waals surface area contributed by atoms with Crippen molar-refractivity contribution in [1.82, 2.24) is 4.90 Å². The maximum absolute atomic E-state index is 13.0. The maximum Gasteiger partial charge on any atom is 0.410 e. The normalized spacial score (nSPS) is 21.0. The zero-order valence-electron chi connectivity index (χ0n) is 13.3. The minimum atomic E-state index is -0.350. The summed E-state index contributed by atoms with van der Waals surface area (Å²) in [5.74, 6) is -0.281. The van der Waals surface area contributed by atoms with Crippen molar-refractivity contribution in [2.75, 3.05) is 17.6 Å². The van der Waals surface area contributed by atoms with Gasteiger partial charge >= 0.3 is 6.09 Å². The Morgan fingerprint density at radius 2 is 2.04 bits per heavy atom. The van der Waals surface area contributed by atoms with Crippen molar-refractivity contribution in [1.29, 1.82) is 0 Å². The van der Waals surface area contributed by atoms with Crippen LogP contribution in [-0.2, 0) is 16.0 Å². The predicted octanol–water partition coefficient (Wildman–Crippen LogP) is 4.16. The zero-order valence-corrected chi connectivity index (χ0v) is 15.5. The van der Waals surface area contributed by atoms with Crippen molar-refractivity contribution in [3.05, 3.63) is 35.6 Å². The van der Waals surface area contributed by atoms with Crippen molar-refractivity contribution in [2.45, 2.75) is 44.9 Å². The van der Waals surface area contributed by atoms with Gasteiger partial charge in [0.05, 0.1) is 25.4 Å². The molecule has 0 aliphatic carbocycles. The lowest BCUT2D eigenvalue weighted by atomic mass is 10.0. The topological polar surface area (TPSA) is 38.8 Å². The van der Waals surface area contributed by atoms with E-state index in [9.17, 15) is 9.18 Å². The molecule has 0 radical (unpaired) electrons. The maximum atomic E-state index is 13.0. The van der Waals surface area contributed by atoms with E-state index < -0.39 is 0 Å². The Balaban J connectivity index is 2.01. The summed E-state index contributed by atoms with van der Waals surface area (Å²) in [6, 6.07) is 6.19. The SMILES string of the molecule is CCOC(=O)N(Cc1ccc(F)cc1)C[C@H]1CCC[C@H](CI)O1. The number of amides is 1. The molecule has 1 heterocycles. The second-order valence-electron chi connectivity index (χ2n) is 5.67. The number of ether oxygens (including phenoxy) is 2. The first-order valence-corrected chi connectivity index (χ1v) is 9.52. The van der Waals surface area contributed by atoms with Crippen molar-refractivity contribution in [2.24, 2.45) is 0 Å². The van der Waals surface area contributed by atoms with Crippen molar-refractivity contribution in [3.8, 4) is 0 Å². The smallest absolute Gasteiger partial charge is 0.410 e. The van der Waals surface area contributed by atoms with E-state index in [0.29, 0.717) is 19.7 Å². The standard InChI is InChI=1S/C17H23FINO3/c1-2-22-17(21)20(11-13-6-8-14(18)9-7-13)12-16-5-3-4-15(10-19)23-16/h6-9,15-16H,2-5,10-12H2,1H3/t15-,16-/m1/s1. The summed E-state index contributed by atoms with van der Waals surface area (Å²) in [5.41, 5.74) is 0.876. The molecule has 1 aromatic carbocycles. The molecule has 0 unspecified atom stereocenters. The van der Waals surface area contributed by atoms with Crippen LogP contribution in [0.5, 0.6) is 0 Å². The van der Waals surface area contributed by atoms with Gasteiger partial charge in [-0.25, -0.2) is 9.18 Å². The zero-order chi connectivity index (χ0) is 16.7. The van der Waals surface area contributed by atoms with Crippen LogP contribution >= 0.6 is 22.6 Å². The van der Waals surface area contributed by atoms with Gasteiger partial charge in [0, 0.05) is 11.0 Å². The molecule has 4 nitrogen and oxygen atoms in total. The Bertz CT molecular complexity index is 497. The molecule has 6 heteroatoms. The summed E-state index contributed by atoms with van der Waals surface area (Å²) in [7, 11) is 0. The highest BCUT2D eigenvalue weighted by Gasteiger charge is 2.26. The predicted molar refractivity (Wildman–Crippen MR) is 95.2 cm³/mol. The van der Waals surface area contributed by atoms with E-state index in [1.807, 2.05) is 0 Å². The first-order chi connectivity index (χ1) is 11.1. The molecule has 128 valence electrons. The highest BCUT2D eigenvalue weighted by Crippen LogP contribution is 2.22. The number of benzene rings is 1. The van der Waals surface area contributed by atoms with Crippen LogP contribution in [0.15, 0.2) is 24.3 Å². The van der Waals surface area contributed by atoms with E-state index in [1.54, 1.807) is 24.0 Å². The number of halogens is 2. The van der Waals surface area contributed by atoms with Crippen LogP contribution in [0.1, 0.15) is 31.7 Å². The summed E-state index contributed by atoms with van der Waals surface area (Å²) in [5, 5.41) is 0. The number of carbonyl (C=O) groups excluding carboxylic acids is 1. The van der Waals surface area contributed by atoms with Gasteiger partial charge in [-0.15, -0.1) is 0 Å². The lowest BCUT2D eigenvalue weighted by molar-refractivity contribution is -0.0502. The molecular formula is C17H23FINO3. The Kier molecular flexibility index (Phi) is 7.55. The van der Waals surface area contributed by atoms with Gasteiger partial charge in [-0.2, -0.15) is 0 Å².